The zero-order valence-electron chi connectivity index (χ0n) is 24.7. The molecule has 14 heteroatoms. The summed E-state index contributed by atoms with van der Waals surface area (Å²) >= 11 is 0. The molecule has 0 radical (unpaired) electrons. The van der Waals surface area contributed by atoms with Crippen LogP contribution < -0.4 is 25.4 Å². The summed E-state index contributed by atoms with van der Waals surface area (Å²) in [5, 5.41) is 3.89. The first-order valence-corrected chi connectivity index (χ1v) is 15.6. The fourth-order valence-corrected chi connectivity index (χ4v) is 8.37. The number of rotatable bonds is 6. The van der Waals surface area contributed by atoms with Crippen LogP contribution in [0.25, 0.3) is 22.2 Å². The third-order valence-corrected chi connectivity index (χ3v) is 10.3. The van der Waals surface area contributed by atoms with Crippen LogP contribution in [-0.2, 0) is 6.42 Å². The molecule has 0 unspecified atom stereocenters. The lowest BCUT2D eigenvalue weighted by molar-refractivity contribution is 0.107. The number of halogens is 5. The van der Waals surface area contributed by atoms with E-state index in [2.05, 4.69) is 25.1 Å². The number of hydrogen-bond acceptors (Lipinski definition) is 9. The Morgan fingerprint density at radius 3 is 2.84 bits per heavy atom. The molecule has 1 aromatic carbocycles. The van der Waals surface area contributed by atoms with Crippen LogP contribution in [0.4, 0.5) is 33.5 Å². The minimum absolute atomic E-state index is 0.0447. The van der Waals surface area contributed by atoms with Gasteiger partial charge in [0, 0.05) is 43.6 Å². The molecule has 0 aliphatic carbocycles. The van der Waals surface area contributed by atoms with Crippen molar-refractivity contribution in [1.29, 1.82) is 0 Å². The number of fused-ring (bicyclic) bond motifs is 6. The minimum Gasteiger partial charge on any atom is -0.472 e. The number of alkyl halides is 3. The first-order valence-electron chi connectivity index (χ1n) is 15.6. The Kier molecular flexibility index (Phi) is 6.75. The highest BCUT2D eigenvalue weighted by molar-refractivity contribution is 5.97. The Morgan fingerprint density at radius 1 is 1.18 bits per heavy atom. The molecule has 240 valence electrons. The highest BCUT2D eigenvalue weighted by atomic mass is 19.3. The molecule has 7 heterocycles. The number of nitrogen functional groups attached to an aromatic ring is 1. The number of nitrogens with zero attached hydrogens (tertiary/aromatic N) is 5. The van der Waals surface area contributed by atoms with Crippen molar-refractivity contribution in [2.45, 2.75) is 87.8 Å². The summed E-state index contributed by atoms with van der Waals surface area (Å²) < 4.78 is 85.4. The third kappa shape index (κ3) is 4.65. The quantitative estimate of drug-likeness (QED) is 0.303. The predicted octanol–water partition coefficient (Wildman–Crippen LogP) is 4.41. The minimum atomic E-state index is -2.82. The maximum absolute atomic E-state index is 16.8. The van der Waals surface area contributed by atoms with Gasteiger partial charge in [-0.15, -0.1) is 0 Å². The molecule has 3 N–H and O–H groups in total. The number of piperazine rings is 1. The summed E-state index contributed by atoms with van der Waals surface area (Å²) in [6.07, 6.45) is -1.09. The maximum atomic E-state index is 16.8. The van der Waals surface area contributed by atoms with Crippen molar-refractivity contribution in [3.05, 3.63) is 29.3 Å². The monoisotopic (exact) mass is 631 g/mol. The lowest BCUT2D eigenvalue weighted by Gasteiger charge is -2.42. The smallest absolute Gasteiger partial charge is 0.319 e. The van der Waals surface area contributed by atoms with Crippen molar-refractivity contribution >= 4 is 22.4 Å². The second-order valence-electron chi connectivity index (χ2n) is 13.1. The number of anilines is 2. The van der Waals surface area contributed by atoms with Crippen molar-refractivity contribution in [3.63, 3.8) is 0 Å². The maximum Gasteiger partial charge on any atom is 0.319 e. The molecule has 4 fully saturated rings. The van der Waals surface area contributed by atoms with Gasteiger partial charge in [-0.3, -0.25) is 4.90 Å². The van der Waals surface area contributed by atoms with E-state index in [0.717, 1.165) is 44.4 Å². The number of hydrogen-bond donors (Lipinski definition) is 2. The number of benzene rings is 1. The van der Waals surface area contributed by atoms with Crippen molar-refractivity contribution in [2.75, 3.05) is 36.9 Å². The predicted molar refractivity (Wildman–Crippen MR) is 157 cm³/mol. The van der Waals surface area contributed by atoms with Crippen LogP contribution in [0.2, 0.25) is 0 Å². The summed E-state index contributed by atoms with van der Waals surface area (Å²) in [7, 11) is 0. The molecule has 8 rings (SSSR count). The molecular weight excluding hydrogens is 597 g/mol. The number of pyridine rings is 1. The highest BCUT2D eigenvalue weighted by Gasteiger charge is 2.50. The largest absolute Gasteiger partial charge is 0.472 e. The van der Waals surface area contributed by atoms with Crippen molar-refractivity contribution in [3.8, 4) is 23.1 Å². The van der Waals surface area contributed by atoms with E-state index in [0.29, 0.717) is 25.3 Å². The molecule has 5 aliphatic rings. The second kappa shape index (κ2) is 10.5. The van der Waals surface area contributed by atoms with Gasteiger partial charge < -0.3 is 25.4 Å². The molecule has 2 aromatic heterocycles. The summed E-state index contributed by atoms with van der Waals surface area (Å²) in [5.41, 5.74) is 4.29. The SMILES string of the molecule is C[C@@H]1Oc2nc(-c3cc(N)c(F)cc3CC(F)F)c(F)c3nc(OC[C@@]45CCCN4C[C@H](F)C5)nc(c23)N2C[C@H]3CC[C@H](N3)[C@@H]12. The van der Waals surface area contributed by atoms with Gasteiger partial charge in [0.1, 0.15) is 47.1 Å². The summed E-state index contributed by atoms with van der Waals surface area (Å²) in [5.74, 6) is -1.34. The van der Waals surface area contributed by atoms with E-state index < -0.39 is 42.3 Å². The van der Waals surface area contributed by atoms with E-state index in [9.17, 15) is 17.6 Å². The molecule has 45 heavy (non-hydrogen) atoms. The molecule has 3 aromatic rings. The van der Waals surface area contributed by atoms with Gasteiger partial charge in [-0.2, -0.15) is 9.97 Å². The Labute approximate surface area is 256 Å². The van der Waals surface area contributed by atoms with Crippen LogP contribution in [-0.4, -0.2) is 88.5 Å². The lowest BCUT2D eigenvalue weighted by Crippen LogP contribution is -2.62. The topological polar surface area (TPSA) is 102 Å². The first-order chi connectivity index (χ1) is 21.6. The van der Waals surface area contributed by atoms with Crippen LogP contribution in [0, 0.1) is 11.6 Å². The number of ether oxygens (including phenoxy) is 2. The van der Waals surface area contributed by atoms with Crippen molar-refractivity contribution in [2.24, 2.45) is 0 Å². The van der Waals surface area contributed by atoms with E-state index in [1.54, 1.807) is 0 Å². The van der Waals surface area contributed by atoms with Crippen LogP contribution >= 0.6 is 0 Å². The van der Waals surface area contributed by atoms with Crippen LogP contribution in [0.3, 0.4) is 0 Å². The van der Waals surface area contributed by atoms with Gasteiger partial charge in [-0.1, -0.05) is 0 Å². The number of nitrogens with two attached hydrogens (primary N) is 1. The van der Waals surface area contributed by atoms with Crippen molar-refractivity contribution in [1.82, 2.24) is 25.2 Å². The zero-order chi connectivity index (χ0) is 31.2. The van der Waals surface area contributed by atoms with Gasteiger partial charge in [0.2, 0.25) is 12.3 Å². The van der Waals surface area contributed by atoms with E-state index in [1.807, 2.05) is 6.92 Å². The van der Waals surface area contributed by atoms with Gasteiger partial charge in [0.15, 0.2) is 5.82 Å². The van der Waals surface area contributed by atoms with E-state index in [-0.39, 0.29) is 70.0 Å². The standard InChI is InChI=1S/C31H34F5N7O2/c1-14-27-21-4-3-17(38-21)12-43(27)28-23-26(40-30(41-28)44-13-31-5-2-6-42(31)11-16(32)10-31)24(36)25(39-29(23)45-14)18-9-20(37)19(33)7-15(18)8-22(34)35/h7,9,14,16-17,21-22,27,38H,2-6,8,10-13,37H2,1H3/t14-,16+,17+,21-,27+,31-/m0/s1. The van der Waals surface area contributed by atoms with Crippen LogP contribution in [0.1, 0.15) is 44.6 Å². The Hall–Kier alpha value is -3.52. The zero-order valence-corrected chi connectivity index (χ0v) is 24.7. The average Bonchev–Trinajstić information content (AvgIpc) is 3.63. The summed E-state index contributed by atoms with van der Waals surface area (Å²) in [6.45, 7) is 3.77. The number of aromatic nitrogens is 3. The average molecular weight is 632 g/mol. The molecule has 2 bridgehead atoms. The fraction of sp³-hybridized carbons (Fsp3) is 0.581. The van der Waals surface area contributed by atoms with Crippen LogP contribution in [0.15, 0.2) is 12.1 Å². The van der Waals surface area contributed by atoms with E-state index in [4.69, 9.17) is 20.2 Å². The van der Waals surface area contributed by atoms with Gasteiger partial charge in [0.25, 0.3) is 0 Å². The molecule has 0 amide bonds. The van der Waals surface area contributed by atoms with E-state index in [1.165, 1.54) is 0 Å². The molecule has 0 spiro atoms. The van der Waals surface area contributed by atoms with Gasteiger partial charge in [-0.05, 0) is 56.8 Å². The highest BCUT2D eigenvalue weighted by Crippen LogP contribution is 2.46. The normalized spacial score (nSPS) is 30.5. The molecule has 4 saturated heterocycles. The number of nitrogens with one attached hydrogen (secondary N) is 1. The Bertz CT molecular complexity index is 1680. The Balaban J connectivity index is 1.30. The summed E-state index contributed by atoms with van der Waals surface area (Å²) in [4.78, 5) is 18.1. The van der Waals surface area contributed by atoms with E-state index >= 15 is 4.39 Å². The van der Waals surface area contributed by atoms with Gasteiger partial charge >= 0.3 is 6.01 Å². The first kappa shape index (κ1) is 28.9. The molecule has 6 atom stereocenters. The fourth-order valence-electron chi connectivity index (χ4n) is 8.37. The molecule has 5 aliphatic heterocycles. The van der Waals surface area contributed by atoms with Crippen LogP contribution in [0.5, 0.6) is 11.9 Å². The molecule has 0 saturated carbocycles. The lowest BCUT2D eigenvalue weighted by atomic mass is 9.95. The molecular formula is C31H34F5N7O2. The second-order valence-corrected chi connectivity index (χ2v) is 13.1. The van der Waals surface area contributed by atoms with Gasteiger partial charge in [-0.25, -0.2) is 26.9 Å². The van der Waals surface area contributed by atoms with Crippen molar-refractivity contribution < 1.29 is 31.4 Å². The Morgan fingerprint density at radius 2 is 2.02 bits per heavy atom. The third-order valence-electron chi connectivity index (χ3n) is 10.3. The summed E-state index contributed by atoms with van der Waals surface area (Å²) in [6, 6.07) is 2.05. The molecule has 9 nitrogen and oxygen atoms in total. The van der Waals surface area contributed by atoms with Gasteiger partial charge in [0.05, 0.1) is 17.3 Å².